The number of nitrogens with two attached hydrogens (primary N) is 1. The topological polar surface area (TPSA) is 101 Å². The van der Waals surface area contributed by atoms with E-state index in [2.05, 4.69) is 9.97 Å². The average molecular weight is 221 g/mol. The molecule has 4 N–H and O–H groups in total. The number of carbonyl (C=O) groups is 1. The SMILES string of the molecule is CCOC(=O)c1cc2[nH]c(=O)[nH]c2cc1N. The number of imidazole rings is 1. The molecular weight excluding hydrogens is 210 g/mol. The van der Waals surface area contributed by atoms with Crippen LogP contribution in [-0.4, -0.2) is 22.5 Å². The molecule has 84 valence electrons. The smallest absolute Gasteiger partial charge is 0.340 e. The van der Waals surface area contributed by atoms with Crippen LogP contribution in [-0.2, 0) is 4.74 Å². The quantitative estimate of drug-likeness (QED) is 0.511. The van der Waals surface area contributed by atoms with Gasteiger partial charge in [0.15, 0.2) is 0 Å². The van der Waals surface area contributed by atoms with Crippen LogP contribution in [0.4, 0.5) is 5.69 Å². The van der Waals surface area contributed by atoms with E-state index in [4.69, 9.17) is 10.5 Å². The first kappa shape index (κ1) is 10.3. The Labute approximate surface area is 90.4 Å². The number of anilines is 1. The molecule has 1 heterocycles. The summed E-state index contributed by atoms with van der Waals surface area (Å²) in [6.45, 7) is 1.99. The van der Waals surface area contributed by atoms with Crippen LogP contribution in [0.1, 0.15) is 17.3 Å². The van der Waals surface area contributed by atoms with Crippen molar-refractivity contribution < 1.29 is 9.53 Å². The first-order valence-corrected chi connectivity index (χ1v) is 4.80. The first-order chi connectivity index (χ1) is 7.61. The van der Waals surface area contributed by atoms with E-state index in [0.29, 0.717) is 11.0 Å². The van der Waals surface area contributed by atoms with E-state index < -0.39 is 5.97 Å². The molecule has 1 aromatic heterocycles. The number of carbonyl (C=O) groups excluding carboxylic acids is 1. The molecule has 0 saturated heterocycles. The molecule has 1 aromatic carbocycles. The Morgan fingerprint density at radius 2 is 2.00 bits per heavy atom. The van der Waals surface area contributed by atoms with Gasteiger partial charge in [-0.15, -0.1) is 0 Å². The van der Waals surface area contributed by atoms with Crippen molar-refractivity contribution >= 4 is 22.7 Å². The predicted molar refractivity (Wildman–Crippen MR) is 59.3 cm³/mol. The zero-order valence-corrected chi connectivity index (χ0v) is 8.66. The Kier molecular flexibility index (Phi) is 2.40. The fourth-order valence-electron chi connectivity index (χ4n) is 1.48. The van der Waals surface area contributed by atoms with E-state index in [-0.39, 0.29) is 23.5 Å². The summed E-state index contributed by atoms with van der Waals surface area (Å²) in [4.78, 5) is 27.7. The molecule has 0 aliphatic heterocycles. The number of nitrogen functional groups attached to an aromatic ring is 1. The number of ether oxygens (including phenoxy) is 1. The number of hydrogen-bond acceptors (Lipinski definition) is 4. The van der Waals surface area contributed by atoms with E-state index in [1.54, 1.807) is 6.92 Å². The van der Waals surface area contributed by atoms with E-state index in [1.807, 2.05) is 0 Å². The van der Waals surface area contributed by atoms with Gasteiger partial charge in [-0.1, -0.05) is 0 Å². The van der Waals surface area contributed by atoms with Gasteiger partial charge >= 0.3 is 11.7 Å². The molecule has 0 unspecified atom stereocenters. The number of rotatable bonds is 2. The third kappa shape index (κ3) is 1.65. The molecule has 0 aliphatic carbocycles. The summed E-state index contributed by atoms with van der Waals surface area (Å²) in [6.07, 6.45) is 0. The summed E-state index contributed by atoms with van der Waals surface area (Å²) in [5.74, 6) is -0.496. The van der Waals surface area contributed by atoms with Gasteiger partial charge in [-0.3, -0.25) is 0 Å². The molecule has 0 radical (unpaired) electrons. The van der Waals surface area contributed by atoms with Gasteiger partial charge in [0.2, 0.25) is 0 Å². The van der Waals surface area contributed by atoms with Gasteiger partial charge in [0, 0.05) is 5.69 Å². The number of benzene rings is 1. The molecule has 0 fully saturated rings. The van der Waals surface area contributed by atoms with E-state index in [9.17, 15) is 9.59 Å². The van der Waals surface area contributed by atoms with Gasteiger partial charge in [0.1, 0.15) is 0 Å². The molecule has 6 nitrogen and oxygen atoms in total. The van der Waals surface area contributed by atoms with Crippen LogP contribution in [0.3, 0.4) is 0 Å². The highest BCUT2D eigenvalue weighted by Gasteiger charge is 2.12. The Morgan fingerprint density at radius 1 is 1.38 bits per heavy atom. The van der Waals surface area contributed by atoms with Crippen LogP contribution in [0.2, 0.25) is 0 Å². The maximum atomic E-state index is 11.5. The van der Waals surface area contributed by atoms with Gasteiger partial charge in [-0.2, -0.15) is 0 Å². The van der Waals surface area contributed by atoms with Gasteiger partial charge in [-0.25, -0.2) is 9.59 Å². The highest BCUT2D eigenvalue weighted by molar-refractivity contribution is 5.99. The normalized spacial score (nSPS) is 10.6. The lowest BCUT2D eigenvalue weighted by molar-refractivity contribution is 0.0528. The van der Waals surface area contributed by atoms with Crippen LogP contribution in [0.15, 0.2) is 16.9 Å². The molecule has 0 bridgehead atoms. The maximum Gasteiger partial charge on any atom is 0.340 e. The zero-order chi connectivity index (χ0) is 11.7. The second-order valence-electron chi connectivity index (χ2n) is 3.28. The number of fused-ring (bicyclic) bond motifs is 1. The fourth-order valence-corrected chi connectivity index (χ4v) is 1.48. The largest absolute Gasteiger partial charge is 0.462 e. The second-order valence-corrected chi connectivity index (χ2v) is 3.28. The molecule has 0 spiro atoms. The lowest BCUT2D eigenvalue weighted by Gasteiger charge is -2.04. The predicted octanol–water partition coefficient (Wildman–Crippen LogP) is 0.615. The van der Waals surface area contributed by atoms with Crippen molar-refractivity contribution in [1.82, 2.24) is 9.97 Å². The molecule has 2 aromatic rings. The number of hydrogen-bond donors (Lipinski definition) is 3. The second kappa shape index (κ2) is 3.73. The summed E-state index contributed by atoms with van der Waals surface area (Å²) >= 11 is 0. The number of H-pyrrole nitrogens is 2. The summed E-state index contributed by atoms with van der Waals surface area (Å²) in [6, 6.07) is 3.03. The highest BCUT2D eigenvalue weighted by atomic mass is 16.5. The minimum atomic E-state index is -0.496. The maximum absolute atomic E-state index is 11.5. The lowest BCUT2D eigenvalue weighted by Crippen LogP contribution is -2.07. The van der Waals surface area contributed by atoms with Crippen molar-refractivity contribution in [3.05, 3.63) is 28.2 Å². The fraction of sp³-hybridized carbons (Fsp3) is 0.200. The van der Waals surface area contributed by atoms with Crippen LogP contribution in [0.25, 0.3) is 11.0 Å². The van der Waals surface area contributed by atoms with Crippen molar-refractivity contribution in [1.29, 1.82) is 0 Å². The van der Waals surface area contributed by atoms with Crippen LogP contribution in [0.5, 0.6) is 0 Å². The van der Waals surface area contributed by atoms with E-state index in [0.717, 1.165) is 0 Å². The minimum Gasteiger partial charge on any atom is -0.462 e. The van der Waals surface area contributed by atoms with E-state index >= 15 is 0 Å². The summed E-state index contributed by atoms with van der Waals surface area (Å²) in [5.41, 5.74) is 6.98. The Morgan fingerprint density at radius 3 is 2.62 bits per heavy atom. The molecule has 0 saturated carbocycles. The van der Waals surface area contributed by atoms with Crippen LogP contribution < -0.4 is 11.4 Å². The van der Waals surface area contributed by atoms with Crippen molar-refractivity contribution in [2.45, 2.75) is 6.92 Å². The summed E-state index contributed by atoms with van der Waals surface area (Å²) in [5, 5.41) is 0. The molecule has 0 atom stereocenters. The van der Waals surface area contributed by atoms with Crippen molar-refractivity contribution in [3.8, 4) is 0 Å². The number of nitrogens with one attached hydrogen (secondary N) is 2. The van der Waals surface area contributed by atoms with Gasteiger partial charge in [0.25, 0.3) is 0 Å². The minimum absolute atomic E-state index is 0.254. The number of aromatic amines is 2. The van der Waals surface area contributed by atoms with Gasteiger partial charge < -0.3 is 20.4 Å². The first-order valence-electron chi connectivity index (χ1n) is 4.80. The molecule has 6 heteroatoms. The van der Waals surface area contributed by atoms with Crippen molar-refractivity contribution in [2.75, 3.05) is 12.3 Å². The lowest BCUT2D eigenvalue weighted by atomic mass is 10.1. The van der Waals surface area contributed by atoms with Gasteiger partial charge in [-0.05, 0) is 19.1 Å². The number of esters is 1. The highest BCUT2D eigenvalue weighted by Crippen LogP contribution is 2.19. The van der Waals surface area contributed by atoms with E-state index in [1.165, 1.54) is 12.1 Å². The molecular formula is C10H11N3O3. The summed E-state index contributed by atoms with van der Waals surface area (Å²) in [7, 11) is 0. The van der Waals surface area contributed by atoms with Crippen molar-refractivity contribution in [3.63, 3.8) is 0 Å². The van der Waals surface area contributed by atoms with Gasteiger partial charge in [0.05, 0.1) is 23.2 Å². The molecule has 0 aliphatic rings. The summed E-state index contributed by atoms with van der Waals surface area (Å²) < 4.78 is 4.84. The average Bonchev–Trinajstić information content (AvgIpc) is 2.56. The third-order valence-corrected chi connectivity index (χ3v) is 2.18. The van der Waals surface area contributed by atoms with Crippen LogP contribution in [0, 0.1) is 0 Å². The van der Waals surface area contributed by atoms with Crippen molar-refractivity contribution in [2.24, 2.45) is 0 Å². The Balaban J connectivity index is 2.57. The molecule has 16 heavy (non-hydrogen) atoms. The Hall–Kier alpha value is -2.24. The van der Waals surface area contributed by atoms with Crippen LogP contribution >= 0.6 is 0 Å². The molecule has 2 rings (SSSR count). The third-order valence-electron chi connectivity index (χ3n) is 2.18. The zero-order valence-electron chi connectivity index (χ0n) is 8.66. The monoisotopic (exact) mass is 221 g/mol. The number of aromatic nitrogens is 2. The molecule has 0 amide bonds. The standard InChI is InChI=1S/C10H11N3O3/c1-2-16-9(14)5-3-7-8(4-6(5)11)13-10(15)12-7/h3-4H,2,11H2,1H3,(H2,12,13,15). The Bertz CT molecular complexity index is 597.